The normalized spacial score (nSPS) is 23.3. The smallest absolute Gasteiger partial charge is 0.146 e. The first-order chi connectivity index (χ1) is 6.92. The summed E-state index contributed by atoms with van der Waals surface area (Å²) in [5, 5.41) is 0. The maximum absolute atomic E-state index is 10.9. The molecule has 0 unspecified atom stereocenters. The minimum Gasteiger partial charge on any atom is -0.298 e. The van der Waals surface area contributed by atoms with Crippen LogP contribution in [-0.2, 0) is 4.79 Å². The van der Waals surface area contributed by atoms with Crippen molar-refractivity contribution < 1.29 is 4.79 Å². The van der Waals surface area contributed by atoms with Crippen LogP contribution in [0.5, 0.6) is 0 Å². The number of hydrogen-bond acceptors (Lipinski definition) is 1. The van der Waals surface area contributed by atoms with Gasteiger partial charge in [-0.1, -0.05) is 6.08 Å². The van der Waals surface area contributed by atoms with Gasteiger partial charge in [0.2, 0.25) is 0 Å². The van der Waals surface area contributed by atoms with Gasteiger partial charge in [-0.15, -0.1) is 0 Å². The quantitative estimate of drug-likeness (QED) is 0.608. The van der Waals surface area contributed by atoms with Crippen molar-refractivity contribution in [3.05, 3.63) is 22.8 Å². The fraction of sp³-hybridized carbons (Fsp3) is 0.615. The zero-order valence-electron chi connectivity index (χ0n) is 8.72. The van der Waals surface area contributed by atoms with Gasteiger partial charge in [0.05, 0.1) is 0 Å². The Morgan fingerprint density at radius 3 is 2.50 bits per heavy atom. The molecule has 0 saturated carbocycles. The average molecular weight is 190 g/mol. The van der Waals surface area contributed by atoms with Crippen molar-refractivity contribution in [3.8, 4) is 0 Å². The molecule has 0 aliphatic heterocycles. The van der Waals surface area contributed by atoms with Crippen LogP contribution < -0.4 is 0 Å². The van der Waals surface area contributed by atoms with Crippen LogP contribution in [0.3, 0.4) is 0 Å². The van der Waals surface area contributed by atoms with E-state index in [1.54, 1.807) is 0 Å². The molecule has 0 heterocycles. The molecule has 2 rings (SSSR count). The summed E-state index contributed by atoms with van der Waals surface area (Å²) in [6.45, 7) is 0. The Labute approximate surface area is 85.9 Å². The maximum Gasteiger partial charge on any atom is 0.146 e. The first kappa shape index (κ1) is 9.70. The van der Waals surface area contributed by atoms with Gasteiger partial charge in [0.25, 0.3) is 0 Å². The van der Waals surface area contributed by atoms with Crippen molar-refractivity contribution in [1.82, 2.24) is 0 Å². The molecule has 0 radical (unpaired) electrons. The molecule has 2 aliphatic carbocycles. The lowest BCUT2D eigenvalue weighted by atomic mass is 9.83. The number of carbonyl (C=O) groups excluding carboxylic acids is 1. The molecular weight excluding hydrogens is 172 g/mol. The summed E-state index contributed by atoms with van der Waals surface area (Å²) in [6, 6.07) is 0. The minimum atomic E-state index is 1.01. The number of aldehydes is 1. The summed E-state index contributed by atoms with van der Waals surface area (Å²) in [7, 11) is 0. The molecule has 0 N–H and O–H groups in total. The second kappa shape index (κ2) is 4.59. The first-order valence-corrected chi connectivity index (χ1v) is 5.78. The second-order valence-corrected chi connectivity index (χ2v) is 4.30. The van der Waals surface area contributed by atoms with Crippen LogP contribution in [0.15, 0.2) is 22.8 Å². The van der Waals surface area contributed by atoms with Crippen LogP contribution in [0, 0.1) is 0 Å². The monoisotopic (exact) mass is 190 g/mol. The predicted octanol–water partition coefficient (Wildman–Crippen LogP) is 3.56. The summed E-state index contributed by atoms with van der Waals surface area (Å²) < 4.78 is 0. The Kier molecular flexibility index (Phi) is 3.18. The van der Waals surface area contributed by atoms with Crippen molar-refractivity contribution in [2.45, 2.75) is 51.4 Å². The van der Waals surface area contributed by atoms with E-state index in [9.17, 15) is 4.79 Å². The van der Waals surface area contributed by atoms with Gasteiger partial charge >= 0.3 is 0 Å². The lowest BCUT2D eigenvalue weighted by Crippen LogP contribution is -2.05. The fourth-order valence-electron chi connectivity index (χ4n) is 2.54. The Bertz CT molecular complexity index is 284. The SMILES string of the molecule is O=CC1=C(C2=CCCCC2)CCCC1. The van der Waals surface area contributed by atoms with E-state index in [2.05, 4.69) is 6.08 Å². The Morgan fingerprint density at radius 1 is 1.00 bits per heavy atom. The van der Waals surface area contributed by atoms with Crippen LogP contribution in [0.4, 0.5) is 0 Å². The van der Waals surface area contributed by atoms with E-state index >= 15 is 0 Å². The number of hydrogen-bond donors (Lipinski definition) is 0. The molecule has 0 spiro atoms. The largest absolute Gasteiger partial charge is 0.298 e. The summed E-state index contributed by atoms with van der Waals surface area (Å²) in [4.78, 5) is 10.9. The molecule has 76 valence electrons. The Hall–Kier alpha value is -0.850. The van der Waals surface area contributed by atoms with Gasteiger partial charge in [-0.3, -0.25) is 4.79 Å². The molecule has 14 heavy (non-hydrogen) atoms. The van der Waals surface area contributed by atoms with Gasteiger partial charge in [-0.05, 0) is 68.1 Å². The zero-order chi connectivity index (χ0) is 9.80. The molecule has 0 saturated heterocycles. The van der Waals surface area contributed by atoms with Crippen LogP contribution in [-0.4, -0.2) is 6.29 Å². The third-order valence-electron chi connectivity index (χ3n) is 3.33. The van der Waals surface area contributed by atoms with E-state index in [0.29, 0.717) is 0 Å². The van der Waals surface area contributed by atoms with E-state index in [1.165, 1.54) is 49.7 Å². The van der Waals surface area contributed by atoms with Gasteiger partial charge in [0.1, 0.15) is 6.29 Å². The molecule has 0 fully saturated rings. The highest BCUT2D eigenvalue weighted by molar-refractivity contribution is 5.76. The van der Waals surface area contributed by atoms with Gasteiger partial charge < -0.3 is 0 Å². The molecule has 0 atom stereocenters. The maximum atomic E-state index is 10.9. The van der Waals surface area contributed by atoms with Crippen molar-refractivity contribution in [2.24, 2.45) is 0 Å². The minimum absolute atomic E-state index is 1.01. The third kappa shape index (κ3) is 1.97. The van der Waals surface area contributed by atoms with Crippen molar-refractivity contribution in [1.29, 1.82) is 0 Å². The van der Waals surface area contributed by atoms with E-state index < -0.39 is 0 Å². The van der Waals surface area contributed by atoms with Crippen LogP contribution in [0.1, 0.15) is 51.4 Å². The highest BCUT2D eigenvalue weighted by Gasteiger charge is 2.16. The van der Waals surface area contributed by atoms with Gasteiger partial charge in [-0.25, -0.2) is 0 Å². The van der Waals surface area contributed by atoms with E-state index in [-0.39, 0.29) is 0 Å². The standard InChI is InChI=1S/C13H18O/c14-10-12-8-4-5-9-13(12)11-6-2-1-3-7-11/h6,10H,1-5,7-9H2. The molecule has 1 heteroatoms. The second-order valence-electron chi connectivity index (χ2n) is 4.30. The Morgan fingerprint density at radius 2 is 1.79 bits per heavy atom. The third-order valence-corrected chi connectivity index (χ3v) is 3.33. The zero-order valence-corrected chi connectivity index (χ0v) is 8.72. The number of carbonyl (C=O) groups is 1. The van der Waals surface area contributed by atoms with Gasteiger partial charge in [0.15, 0.2) is 0 Å². The fourth-order valence-corrected chi connectivity index (χ4v) is 2.54. The topological polar surface area (TPSA) is 17.1 Å². The summed E-state index contributed by atoms with van der Waals surface area (Å²) in [5.74, 6) is 0. The molecule has 2 aliphatic rings. The average Bonchev–Trinajstić information content (AvgIpc) is 2.30. The molecule has 0 aromatic rings. The van der Waals surface area contributed by atoms with Crippen LogP contribution >= 0.6 is 0 Å². The van der Waals surface area contributed by atoms with E-state index in [4.69, 9.17) is 0 Å². The molecule has 0 aromatic carbocycles. The molecular formula is C13H18O. The van der Waals surface area contributed by atoms with Crippen molar-refractivity contribution in [2.75, 3.05) is 0 Å². The highest BCUT2D eigenvalue weighted by atomic mass is 16.1. The highest BCUT2D eigenvalue weighted by Crippen LogP contribution is 2.33. The summed E-state index contributed by atoms with van der Waals surface area (Å²) in [5.41, 5.74) is 3.97. The van der Waals surface area contributed by atoms with Crippen LogP contribution in [0.25, 0.3) is 0 Å². The van der Waals surface area contributed by atoms with Crippen molar-refractivity contribution in [3.63, 3.8) is 0 Å². The number of rotatable bonds is 2. The molecule has 0 bridgehead atoms. The summed E-state index contributed by atoms with van der Waals surface area (Å²) >= 11 is 0. The van der Waals surface area contributed by atoms with E-state index in [1.807, 2.05) is 0 Å². The van der Waals surface area contributed by atoms with Crippen LogP contribution in [0.2, 0.25) is 0 Å². The van der Waals surface area contributed by atoms with E-state index in [0.717, 1.165) is 24.7 Å². The molecule has 0 aromatic heterocycles. The molecule has 1 nitrogen and oxygen atoms in total. The first-order valence-electron chi connectivity index (χ1n) is 5.78. The number of allylic oxidation sites excluding steroid dienone is 4. The summed E-state index contributed by atoms with van der Waals surface area (Å²) in [6.07, 6.45) is 13.1. The molecule has 0 amide bonds. The van der Waals surface area contributed by atoms with Gasteiger partial charge in [0, 0.05) is 0 Å². The van der Waals surface area contributed by atoms with Gasteiger partial charge in [-0.2, -0.15) is 0 Å². The lowest BCUT2D eigenvalue weighted by Gasteiger charge is -2.21. The van der Waals surface area contributed by atoms with Crippen molar-refractivity contribution >= 4 is 6.29 Å². The predicted molar refractivity (Wildman–Crippen MR) is 58.1 cm³/mol. The Balaban J connectivity index is 2.24. The lowest BCUT2D eigenvalue weighted by molar-refractivity contribution is -0.105.